The highest BCUT2D eigenvalue weighted by molar-refractivity contribution is 5.40. The molecular weight excluding hydrogens is 319 g/mol. The number of hydrogen-bond acceptors (Lipinski definition) is 4. The summed E-state index contributed by atoms with van der Waals surface area (Å²) >= 11 is 0. The highest BCUT2D eigenvalue weighted by Gasteiger charge is 2.36. The zero-order chi connectivity index (χ0) is 17.3. The Labute approximate surface area is 138 Å². The number of halogens is 3. The average Bonchev–Trinajstić information content (AvgIpc) is 2.84. The smallest absolute Gasteiger partial charge is 0.253 e. The molecule has 1 unspecified atom stereocenters. The second-order valence-electron chi connectivity index (χ2n) is 6.31. The van der Waals surface area contributed by atoms with Crippen LogP contribution in [0.25, 0.3) is 5.95 Å². The van der Waals surface area contributed by atoms with Gasteiger partial charge in [0.1, 0.15) is 12.5 Å². The van der Waals surface area contributed by atoms with Crippen molar-refractivity contribution in [1.82, 2.24) is 19.7 Å². The van der Waals surface area contributed by atoms with E-state index in [1.807, 2.05) is 19.9 Å². The summed E-state index contributed by atoms with van der Waals surface area (Å²) in [7, 11) is 0. The van der Waals surface area contributed by atoms with Gasteiger partial charge in [-0.05, 0) is 32.8 Å². The van der Waals surface area contributed by atoms with Crippen molar-refractivity contribution in [2.75, 3.05) is 5.32 Å². The van der Waals surface area contributed by atoms with Gasteiger partial charge in [-0.3, -0.25) is 0 Å². The van der Waals surface area contributed by atoms with Gasteiger partial charge in [-0.25, -0.2) is 22.8 Å². The van der Waals surface area contributed by atoms with E-state index >= 15 is 0 Å². The van der Waals surface area contributed by atoms with Gasteiger partial charge in [0.2, 0.25) is 5.92 Å². The van der Waals surface area contributed by atoms with Crippen LogP contribution < -0.4 is 5.32 Å². The van der Waals surface area contributed by atoms with Crippen LogP contribution in [0.2, 0.25) is 0 Å². The Kier molecular flexibility index (Phi) is 4.47. The van der Waals surface area contributed by atoms with E-state index < -0.39 is 12.6 Å². The third kappa shape index (κ3) is 3.68. The minimum Gasteiger partial charge on any atom is -0.367 e. The first-order chi connectivity index (χ1) is 11.4. The third-order valence-corrected chi connectivity index (χ3v) is 4.10. The first kappa shape index (κ1) is 16.7. The van der Waals surface area contributed by atoms with E-state index in [2.05, 4.69) is 20.4 Å². The Bertz CT molecular complexity index is 728. The van der Waals surface area contributed by atoms with Crippen molar-refractivity contribution < 1.29 is 13.2 Å². The van der Waals surface area contributed by atoms with E-state index in [1.54, 1.807) is 0 Å². The Balaban J connectivity index is 1.88. The summed E-state index contributed by atoms with van der Waals surface area (Å²) in [6, 6.07) is 2.94. The van der Waals surface area contributed by atoms with Gasteiger partial charge in [-0.1, -0.05) is 0 Å². The van der Waals surface area contributed by atoms with Gasteiger partial charge in [-0.15, -0.1) is 0 Å². The van der Waals surface area contributed by atoms with E-state index in [1.165, 1.54) is 10.7 Å². The van der Waals surface area contributed by atoms with Crippen LogP contribution in [0.15, 0.2) is 12.1 Å². The van der Waals surface area contributed by atoms with Gasteiger partial charge in [0.05, 0.1) is 11.4 Å². The molecule has 8 heteroatoms. The number of aryl methyl sites for hydroxylation is 2. The van der Waals surface area contributed by atoms with Gasteiger partial charge in [0, 0.05) is 30.6 Å². The summed E-state index contributed by atoms with van der Waals surface area (Å²) in [6.07, 6.45) is 0.773. The van der Waals surface area contributed by atoms with E-state index in [9.17, 15) is 13.2 Å². The zero-order valence-corrected chi connectivity index (χ0v) is 13.7. The largest absolute Gasteiger partial charge is 0.367 e. The van der Waals surface area contributed by atoms with Crippen molar-refractivity contribution in [1.29, 1.82) is 0 Å². The van der Waals surface area contributed by atoms with Crippen LogP contribution in [-0.4, -0.2) is 31.7 Å². The van der Waals surface area contributed by atoms with Crippen molar-refractivity contribution in [3.63, 3.8) is 0 Å². The molecule has 1 saturated carbocycles. The molecule has 24 heavy (non-hydrogen) atoms. The predicted octanol–water partition coefficient (Wildman–Crippen LogP) is 3.74. The normalized spacial score (nSPS) is 20.1. The highest BCUT2D eigenvalue weighted by Crippen LogP contribution is 2.34. The van der Waals surface area contributed by atoms with Gasteiger partial charge < -0.3 is 5.32 Å². The highest BCUT2D eigenvalue weighted by atomic mass is 19.3. The number of nitrogens with zero attached hydrogens (tertiary/aromatic N) is 4. The molecule has 2 aromatic rings. The van der Waals surface area contributed by atoms with E-state index in [0.29, 0.717) is 18.7 Å². The van der Waals surface area contributed by atoms with Gasteiger partial charge in [0.25, 0.3) is 5.95 Å². The van der Waals surface area contributed by atoms with Crippen molar-refractivity contribution in [2.24, 2.45) is 0 Å². The summed E-state index contributed by atoms with van der Waals surface area (Å²) in [5, 5.41) is 7.30. The molecule has 0 bridgehead atoms. The molecule has 0 saturated heterocycles. The lowest BCUT2D eigenvalue weighted by Crippen LogP contribution is -2.34. The summed E-state index contributed by atoms with van der Waals surface area (Å²) in [5.41, 5.74) is 1.81. The maximum atomic E-state index is 13.6. The SMILES string of the molecule is Cc1cc(C)n(-c2nc(CF)cc(NC3CCCC(F)(F)C3)n2)n1. The Morgan fingerprint density at radius 1 is 1.29 bits per heavy atom. The molecule has 0 aromatic carbocycles. The summed E-state index contributed by atoms with van der Waals surface area (Å²) in [5.74, 6) is -2.08. The summed E-state index contributed by atoms with van der Waals surface area (Å²) < 4.78 is 41.8. The molecule has 0 spiro atoms. The second-order valence-corrected chi connectivity index (χ2v) is 6.31. The average molecular weight is 339 g/mol. The second kappa shape index (κ2) is 6.41. The Morgan fingerprint density at radius 3 is 2.71 bits per heavy atom. The molecule has 130 valence electrons. The van der Waals surface area contributed by atoms with Crippen LogP contribution in [-0.2, 0) is 6.67 Å². The molecule has 2 aromatic heterocycles. The number of nitrogens with one attached hydrogen (secondary N) is 1. The molecule has 1 aliphatic rings. The number of anilines is 1. The fraction of sp³-hybridized carbons (Fsp3) is 0.562. The Morgan fingerprint density at radius 2 is 2.08 bits per heavy atom. The third-order valence-electron chi connectivity index (χ3n) is 4.10. The lowest BCUT2D eigenvalue weighted by Gasteiger charge is -2.29. The number of aromatic nitrogens is 4. The molecular formula is C16H20F3N5. The molecule has 0 aliphatic heterocycles. The molecule has 1 aliphatic carbocycles. The summed E-state index contributed by atoms with van der Waals surface area (Å²) in [4.78, 5) is 8.48. The van der Waals surface area contributed by atoms with Gasteiger partial charge in [0.15, 0.2) is 0 Å². The first-order valence-electron chi connectivity index (χ1n) is 7.98. The van der Waals surface area contributed by atoms with Crippen molar-refractivity contribution >= 4 is 5.82 Å². The molecule has 1 N–H and O–H groups in total. The molecule has 3 rings (SSSR count). The zero-order valence-electron chi connectivity index (χ0n) is 13.7. The minimum atomic E-state index is -2.66. The standard InChI is InChI=1S/C16H20F3N5/c1-10-6-11(2)24(23-10)15-21-13(9-17)7-14(22-15)20-12-4-3-5-16(18,19)8-12/h6-7,12H,3-5,8-9H2,1-2H3,(H,20,21,22). The molecule has 5 nitrogen and oxygen atoms in total. The predicted molar refractivity (Wildman–Crippen MR) is 84.3 cm³/mol. The van der Waals surface area contributed by atoms with Crippen LogP contribution in [0.1, 0.15) is 42.8 Å². The van der Waals surface area contributed by atoms with Crippen molar-refractivity contribution in [2.45, 2.75) is 58.2 Å². The topological polar surface area (TPSA) is 55.6 Å². The fourth-order valence-electron chi connectivity index (χ4n) is 3.06. The quantitative estimate of drug-likeness (QED) is 0.922. The summed E-state index contributed by atoms with van der Waals surface area (Å²) in [6.45, 7) is 2.93. The first-order valence-corrected chi connectivity index (χ1v) is 7.98. The molecule has 1 fully saturated rings. The maximum absolute atomic E-state index is 13.6. The van der Waals surface area contributed by atoms with E-state index in [4.69, 9.17) is 0 Å². The van der Waals surface area contributed by atoms with Gasteiger partial charge >= 0.3 is 0 Å². The van der Waals surface area contributed by atoms with Crippen molar-refractivity contribution in [3.05, 3.63) is 29.2 Å². The molecule has 1 atom stereocenters. The number of rotatable bonds is 4. The van der Waals surface area contributed by atoms with Crippen LogP contribution in [0.5, 0.6) is 0 Å². The van der Waals surface area contributed by atoms with Crippen LogP contribution in [0.4, 0.5) is 19.0 Å². The van der Waals surface area contributed by atoms with Gasteiger partial charge in [-0.2, -0.15) is 10.1 Å². The van der Waals surface area contributed by atoms with Crippen LogP contribution in [0, 0.1) is 13.8 Å². The molecule has 0 amide bonds. The van der Waals surface area contributed by atoms with Crippen LogP contribution >= 0.6 is 0 Å². The number of hydrogen-bond donors (Lipinski definition) is 1. The number of alkyl halides is 3. The lowest BCUT2D eigenvalue weighted by atomic mass is 9.92. The fourth-order valence-corrected chi connectivity index (χ4v) is 3.06. The maximum Gasteiger partial charge on any atom is 0.253 e. The Hall–Kier alpha value is -2.12. The van der Waals surface area contributed by atoms with E-state index in [-0.39, 0.29) is 30.5 Å². The van der Waals surface area contributed by atoms with Crippen molar-refractivity contribution in [3.8, 4) is 5.95 Å². The molecule has 2 heterocycles. The minimum absolute atomic E-state index is 0.0817. The lowest BCUT2D eigenvalue weighted by molar-refractivity contribution is -0.0373. The molecule has 0 radical (unpaired) electrons. The van der Waals surface area contributed by atoms with Crippen LogP contribution in [0.3, 0.4) is 0 Å². The monoisotopic (exact) mass is 339 g/mol. The van der Waals surface area contributed by atoms with E-state index in [0.717, 1.165) is 11.4 Å².